The van der Waals surface area contributed by atoms with Gasteiger partial charge < -0.3 is 14.4 Å². The summed E-state index contributed by atoms with van der Waals surface area (Å²) in [5.74, 6) is -0.613. The van der Waals surface area contributed by atoms with Gasteiger partial charge in [-0.15, -0.1) is 0 Å². The summed E-state index contributed by atoms with van der Waals surface area (Å²) in [6.45, 7) is 3.90. The first kappa shape index (κ1) is 17.2. The molecule has 1 aromatic carbocycles. The van der Waals surface area contributed by atoms with Crippen LogP contribution in [0.2, 0.25) is 0 Å². The second-order valence-electron chi connectivity index (χ2n) is 6.40. The Morgan fingerprint density at radius 2 is 1.68 bits per heavy atom. The molecule has 0 unspecified atom stereocenters. The van der Waals surface area contributed by atoms with Gasteiger partial charge in [0.05, 0.1) is 0 Å². The standard InChI is InChI=1S/C19H22FN3O2/c1-14-6-7-15(20)13-16(14)18(24)22-9-4-10-23(12-11-22)19(25)17-5-3-8-21(17)2/h3,5-8,13H,4,9-12H2,1-2H3. The largest absolute Gasteiger partial charge is 0.347 e. The molecule has 25 heavy (non-hydrogen) atoms. The van der Waals surface area contributed by atoms with Crippen LogP contribution in [0.25, 0.3) is 0 Å². The van der Waals surface area contributed by atoms with E-state index in [9.17, 15) is 14.0 Å². The third kappa shape index (κ3) is 3.57. The summed E-state index contributed by atoms with van der Waals surface area (Å²) < 4.78 is 15.3. The van der Waals surface area contributed by atoms with Gasteiger partial charge in [-0.25, -0.2) is 4.39 Å². The second-order valence-corrected chi connectivity index (χ2v) is 6.40. The van der Waals surface area contributed by atoms with Gasteiger partial charge in [-0.2, -0.15) is 0 Å². The molecule has 0 atom stereocenters. The first-order chi connectivity index (χ1) is 12.0. The van der Waals surface area contributed by atoms with E-state index in [4.69, 9.17) is 0 Å². The predicted molar refractivity (Wildman–Crippen MR) is 93.0 cm³/mol. The zero-order valence-corrected chi connectivity index (χ0v) is 14.5. The Balaban J connectivity index is 1.71. The van der Waals surface area contributed by atoms with Gasteiger partial charge in [0, 0.05) is 45.0 Å². The van der Waals surface area contributed by atoms with Crippen molar-refractivity contribution in [3.63, 3.8) is 0 Å². The lowest BCUT2D eigenvalue weighted by atomic mass is 10.1. The summed E-state index contributed by atoms with van der Waals surface area (Å²) in [5, 5.41) is 0. The van der Waals surface area contributed by atoms with Crippen LogP contribution in [0.15, 0.2) is 36.5 Å². The van der Waals surface area contributed by atoms with Crippen molar-refractivity contribution < 1.29 is 14.0 Å². The third-order valence-electron chi connectivity index (χ3n) is 4.66. The van der Waals surface area contributed by atoms with Crippen LogP contribution in [0.5, 0.6) is 0 Å². The lowest BCUT2D eigenvalue weighted by Gasteiger charge is -2.23. The van der Waals surface area contributed by atoms with Crippen molar-refractivity contribution in [3.8, 4) is 0 Å². The number of halogens is 1. The molecule has 1 aliphatic rings. The fourth-order valence-electron chi connectivity index (χ4n) is 3.16. The van der Waals surface area contributed by atoms with E-state index in [2.05, 4.69) is 0 Å². The van der Waals surface area contributed by atoms with E-state index >= 15 is 0 Å². The lowest BCUT2D eigenvalue weighted by molar-refractivity contribution is 0.0713. The second kappa shape index (κ2) is 7.09. The van der Waals surface area contributed by atoms with E-state index in [0.29, 0.717) is 43.9 Å². The number of hydrogen-bond acceptors (Lipinski definition) is 2. The zero-order chi connectivity index (χ0) is 18.0. The maximum atomic E-state index is 13.5. The van der Waals surface area contributed by atoms with Gasteiger partial charge in [0.25, 0.3) is 11.8 Å². The Morgan fingerprint density at radius 3 is 2.32 bits per heavy atom. The monoisotopic (exact) mass is 343 g/mol. The molecule has 1 aliphatic heterocycles. The number of aromatic nitrogens is 1. The summed E-state index contributed by atoms with van der Waals surface area (Å²) in [4.78, 5) is 28.9. The highest BCUT2D eigenvalue weighted by atomic mass is 19.1. The Labute approximate surface area is 146 Å². The molecule has 1 saturated heterocycles. The van der Waals surface area contributed by atoms with Gasteiger partial charge in [0.2, 0.25) is 0 Å². The highest BCUT2D eigenvalue weighted by Crippen LogP contribution is 2.16. The Bertz CT molecular complexity index is 800. The number of carbonyl (C=O) groups excluding carboxylic acids is 2. The number of benzene rings is 1. The van der Waals surface area contributed by atoms with Gasteiger partial charge in [-0.3, -0.25) is 9.59 Å². The molecule has 0 aliphatic carbocycles. The summed E-state index contributed by atoms with van der Waals surface area (Å²) >= 11 is 0. The molecule has 132 valence electrons. The first-order valence-electron chi connectivity index (χ1n) is 8.43. The van der Waals surface area contributed by atoms with Crippen molar-refractivity contribution in [3.05, 3.63) is 59.2 Å². The molecule has 0 N–H and O–H groups in total. The van der Waals surface area contributed by atoms with Crippen molar-refractivity contribution in [2.24, 2.45) is 7.05 Å². The van der Waals surface area contributed by atoms with Crippen molar-refractivity contribution in [1.29, 1.82) is 0 Å². The number of aryl methyl sites for hydroxylation is 2. The third-order valence-corrected chi connectivity index (χ3v) is 4.66. The van der Waals surface area contributed by atoms with Crippen LogP contribution >= 0.6 is 0 Å². The minimum atomic E-state index is -0.413. The normalized spacial score (nSPS) is 15.2. The lowest BCUT2D eigenvalue weighted by Crippen LogP contribution is -2.38. The van der Waals surface area contributed by atoms with E-state index in [1.165, 1.54) is 12.1 Å². The summed E-state index contributed by atoms with van der Waals surface area (Å²) in [6, 6.07) is 7.90. The van der Waals surface area contributed by atoms with Gasteiger partial charge >= 0.3 is 0 Å². The molecule has 2 aromatic rings. The van der Waals surface area contributed by atoms with Crippen LogP contribution in [0.4, 0.5) is 4.39 Å². The average Bonchev–Trinajstić information content (AvgIpc) is 2.88. The topological polar surface area (TPSA) is 45.6 Å². The fraction of sp³-hybridized carbons (Fsp3) is 0.368. The minimum absolute atomic E-state index is 0.0243. The molecule has 1 fully saturated rings. The number of amides is 2. The van der Waals surface area contributed by atoms with E-state index in [1.54, 1.807) is 33.4 Å². The van der Waals surface area contributed by atoms with Gasteiger partial charge in [0.15, 0.2) is 0 Å². The van der Waals surface area contributed by atoms with Crippen molar-refractivity contribution in [2.45, 2.75) is 13.3 Å². The number of hydrogen-bond donors (Lipinski definition) is 0. The number of rotatable bonds is 2. The predicted octanol–water partition coefficient (Wildman–Crippen LogP) is 2.46. The van der Waals surface area contributed by atoms with Crippen LogP contribution in [0.1, 0.15) is 32.8 Å². The van der Waals surface area contributed by atoms with Crippen molar-refractivity contribution >= 4 is 11.8 Å². The summed E-state index contributed by atoms with van der Waals surface area (Å²) in [7, 11) is 1.84. The maximum Gasteiger partial charge on any atom is 0.270 e. The fourth-order valence-corrected chi connectivity index (χ4v) is 3.16. The molecule has 0 radical (unpaired) electrons. The van der Waals surface area contributed by atoms with E-state index in [-0.39, 0.29) is 11.8 Å². The quantitative estimate of drug-likeness (QED) is 0.841. The van der Waals surface area contributed by atoms with Crippen LogP contribution in [-0.4, -0.2) is 52.4 Å². The molecule has 0 spiro atoms. The van der Waals surface area contributed by atoms with Crippen LogP contribution < -0.4 is 0 Å². The highest BCUT2D eigenvalue weighted by molar-refractivity contribution is 5.96. The minimum Gasteiger partial charge on any atom is -0.347 e. The molecule has 0 bridgehead atoms. The Kier molecular flexibility index (Phi) is 4.88. The van der Waals surface area contributed by atoms with E-state index in [0.717, 1.165) is 5.56 Å². The highest BCUT2D eigenvalue weighted by Gasteiger charge is 2.25. The first-order valence-corrected chi connectivity index (χ1v) is 8.43. The van der Waals surface area contributed by atoms with E-state index in [1.807, 2.05) is 19.3 Å². The average molecular weight is 343 g/mol. The van der Waals surface area contributed by atoms with Gasteiger partial charge in [-0.05, 0) is 43.2 Å². The summed E-state index contributed by atoms with van der Waals surface area (Å²) in [6.07, 6.45) is 2.55. The molecule has 3 rings (SSSR count). The Hall–Kier alpha value is -2.63. The van der Waals surface area contributed by atoms with Crippen LogP contribution in [0.3, 0.4) is 0 Å². The van der Waals surface area contributed by atoms with E-state index < -0.39 is 5.82 Å². The zero-order valence-electron chi connectivity index (χ0n) is 14.5. The number of carbonyl (C=O) groups is 2. The van der Waals surface area contributed by atoms with Gasteiger partial charge in [0.1, 0.15) is 11.5 Å². The number of nitrogens with zero attached hydrogens (tertiary/aromatic N) is 3. The Morgan fingerprint density at radius 1 is 1.00 bits per heavy atom. The molecule has 6 heteroatoms. The molecule has 2 heterocycles. The van der Waals surface area contributed by atoms with Crippen molar-refractivity contribution in [2.75, 3.05) is 26.2 Å². The molecule has 2 amide bonds. The van der Waals surface area contributed by atoms with Crippen LogP contribution in [-0.2, 0) is 7.05 Å². The SMILES string of the molecule is Cc1ccc(F)cc1C(=O)N1CCCN(C(=O)c2cccn2C)CC1. The molecule has 1 aromatic heterocycles. The molecular weight excluding hydrogens is 321 g/mol. The van der Waals surface area contributed by atoms with Crippen LogP contribution in [0, 0.1) is 12.7 Å². The van der Waals surface area contributed by atoms with Gasteiger partial charge in [-0.1, -0.05) is 6.07 Å². The molecule has 5 nitrogen and oxygen atoms in total. The molecular formula is C19H22FN3O2. The summed E-state index contributed by atoms with van der Waals surface area (Å²) in [5.41, 5.74) is 1.79. The smallest absolute Gasteiger partial charge is 0.270 e. The molecule has 0 saturated carbocycles. The maximum absolute atomic E-state index is 13.5. The van der Waals surface area contributed by atoms with Crippen molar-refractivity contribution in [1.82, 2.24) is 14.4 Å².